The molecule has 0 aliphatic heterocycles. The smallest absolute Gasteiger partial charge is 0.122 e. The highest BCUT2D eigenvalue weighted by Crippen LogP contribution is 2.50. The molecule has 0 heterocycles. The lowest BCUT2D eigenvalue weighted by Gasteiger charge is -2.34. The van der Waals surface area contributed by atoms with Crippen LogP contribution < -0.4 is 9.72 Å². The van der Waals surface area contributed by atoms with Crippen molar-refractivity contribution in [2.45, 2.75) is 45.3 Å². The molecule has 1 atom stereocenters. The summed E-state index contributed by atoms with van der Waals surface area (Å²) in [6, 6.07) is 24.7. The van der Waals surface area contributed by atoms with E-state index in [1.165, 1.54) is 10.9 Å². The minimum absolute atomic E-state index is 0.0872. The normalized spacial score (nSPS) is 11.9. The van der Waals surface area contributed by atoms with E-state index in [9.17, 15) is 5.11 Å². The van der Waals surface area contributed by atoms with Gasteiger partial charge in [0.25, 0.3) is 0 Å². The first-order chi connectivity index (χ1) is 14.0. The van der Waals surface area contributed by atoms with Crippen molar-refractivity contribution in [3.05, 3.63) is 89.5 Å². The number of hydrogen-bond acceptors (Lipinski definition) is 2. The minimum Gasteiger partial charge on any atom is -0.507 e. The van der Waals surface area contributed by atoms with Crippen molar-refractivity contribution in [2.75, 3.05) is 4.42 Å². The summed E-state index contributed by atoms with van der Waals surface area (Å²) in [6.45, 7) is 7.05. The molecule has 1 N–H and O–H groups in total. The van der Waals surface area contributed by atoms with Crippen LogP contribution in [0.5, 0.6) is 5.75 Å². The van der Waals surface area contributed by atoms with Gasteiger partial charge in [0.05, 0.1) is 12.2 Å². The van der Waals surface area contributed by atoms with Crippen LogP contribution in [-0.4, -0.2) is 5.11 Å². The predicted molar refractivity (Wildman–Crippen MR) is 128 cm³/mol. The van der Waals surface area contributed by atoms with E-state index < -0.39 is 0 Å². The first-order valence-electron chi connectivity index (χ1n) is 10.1. The minimum atomic E-state index is -0.0872. The van der Waals surface area contributed by atoms with Gasteiger partial charge in [0.1, 0.15) is 5.75 Å². The SMILES string of the molecule is CCC(CC)(Pc1ccccc1CN(Cl)c1ccccc1)c1cccc(C)c1O. The standard InChI is InChI=1S/C25H29ClNOP/c1-4-25(5-2,22-16-11-12-19(3)24(22)28)29-23-17-10-9-13-20(23)18-27(26)21-14-7-6-8-15-21/h6-17,28-29H,4-5,18H2,1-3H3. The lowest BCUT2D eigenvalue weighted by atomic mass is 9.90. The molecule has 0 aliphatic carbocycles. The maximum Gasteiger partial charge on any atom is 0.122 e. The second-order valence-electron chi connectivity index (χ2n) is 7.40. The molecule has 1 unspecified atom stereocenters. The Labute approximate surface area is 181 Å². The third-order valence-electron chi connectivity index (χ3n) is 5.70. The second kappa shape index (κ2) is 9.65. The number of para-hydroxylation sites is 2. The third kappa shape index (κ3) is 4.77. The summed E-state index contributed by atoms with van der Waals surface area (Å²) in [6.07, 6.45) is 1.94. The Kier molecular flexibility index (Phi) is 7.22. The van der Waals surface area contributed by atoms with Gasteiger partial charge in [0.2, 0.25) is 0 Å². The fourth-order valence-electron chi connectivity index (χ4n) is 3.79. The fourth-order valence-corrected chi connectivity index (χ4v) is 5.74. The van der Waals surface area contributed by atoms with Crippen LogP contribution in [0, 0.1) is 6.92 Å². The Balaban J connectivity index is 1.95. The number of aromatic hydroxyl groups is 1. The molecule has 0 bridgehead atoms. The Morgan fingerprint density at radius 3 is 2.24 bits per heavy atom. The zero-order valence-electron chi connectivity index (χ0n) is 17.3. The molecule has 3 rings (SSSR count). The highest BCUT2D eigenvalue weighted by molar-refractivity contribution is 7.48. The van der Waals surface area contributed by atoms with Crippen molar-refractivity contribution in [3.63, 3.8) is 0 Å². The number of benzene rings is 3. The summed E-state index contributed by atoms with van der Waals surface area (Å²) in [5.41, 5.74) is 4.20. The summed E-state index contributed by atoms with van der Waals surface area (Å²) in [7, 11) is 0.547. The van der Waals surface area contributed by atoms with E-state index in [0.29, 0.717) is 20.9 Å². The molecule has 3 aromatic rings. The molecule has 0 fully saturated rings. The summed E-state index contributed by atoms with van der Waals surface area (Å²) in [4.78, 5) is 0. The van der Waals surface area contributed by atoms with Crippen LogP contribution in [0.2, 0.25) is 0 Å². The molecular formula is C25H29ClNOP. The van der Waals surface area contributed by atoms with Gasteiger partial charge in [0, 0.05) is 22.5 Å². The lowest BCUT2D eigenvalue weighted by molar-refractivity contribution is 0.444. The van der Waals surface area contributed by atoms with Crippen LogP contribution in [0.25, 0.3) is 0 Å². The van der Waals surface area contributed by atoms with Crippen molar-refractivity contribution in [2.24, 2.45) is 0 Å². The number of hydrogen-bond donors (Lipinski definition) is 1. The first kappa shape index (κ1) is 21.7. The van der Waals surface area contributed by atoms with Crippen LogP contribution in [0.4, 0.5) is 5.69 Å². The average molecular weight is 426 g/mol. The molecule has 0 amide bonds. The van der Waals surface area contributed by atoms with Crippen LogP contribution in [0.15, 0.2) is 72.8 Å². The number of aryl methyl sites for hydroxylation is 1. The molecule has 0 saturated heterocycles. The molecule has 2 nitrogen and oxygen atoms in total. The van der Waals surface area contributed by atoms with Gasteiger partial charge in [-0.1, -0.05) is 83.1 Å². The fraction of sp³-hybridized carbons (Fsp3) is 0.280. The van der Waals surface area contributed by atoms with Gasteiger partial charge in [-0.15, -0.1) is 0 Å². The largest absolute Gasteiger partial charge is 0.507 e. The Hall–Kier alpha value is -2.02. The van der Waals surface area contributed by atoms with E-state index >= 15 is 0 Å². The van der Waals surface area contributed by atoms with Crippen LogP contribution in [-0.2, 0) is 11.7 Å². The van der Waals surface area contributed by atoms with E-state index in [0.717, 1.165) is 29.7 Å². The summed E-state index contributed by atoms with van der Waals surface area (Å²) < 4.78 is 1.77. The predicted octanol–water partition coefficient (Wildman–Crippen LogP) is 6.88. The molecule has 152 valence electrons. The van der Waals surface area contributed by atoms with Gasteiger partial charge in [-0.2, -0.15) is 0 Å². The number of phenolic OH excluding ortho intramolecular Hbond substituents is 1. The number of anilines is 1. The molecule has 0 radical (unpaired) electrons. The van der Waals surface area contributed by atoms with Crippen molar-refractivity contribution < 1.29 is 5.11 Å². The maximum absolute atomic E-state index is 10.8. The molecule has 4 heteroatoms. The summed E-state index contributed by atoms with van der Waals surface area (Å²) in [5, 5.41) is 12.0. The molecule has 0 saturated carbocycles. The number of phenols is 1. The van der Waals surface area contributed by atoms with Gasteiger partial charge in [-0.05, 0) is 48.3 Å². The lowest BCUT2D eigenvalue weighted by Crippen LogP contribution is -2.24. The monoisotopic (exact) mass is 425 g/mol. The van der Waals surface area contributed by atoms with E-state index in [2.05, 4.69) is 50.2 Å². The summed E-state index contributed by atoms with van der Waals surface area (Å²) in [5.74, 6) is 0.435. The van der Waals surface area contributed by atoms with Crippen molar-refractivity contribution in [3.8, 4) is 5.75 Å². The Morgan fingerprint density at radius 1 is 0.897 bits per heavy atom. The van der Waals surface area contributed by atoms with Gasteiger partial charge < -0.3 is 5.11 Å². The molecule has 29 heavy (non-hydrogen) atoms. The van der Waals surface area contributed by atoms with Crippen LogP contribution >= 0.6 is 20.4 Å². The van der Waals surface area contributed by atoms with E-state index in [-0.39, 0.29) is 5.16 Å². The number of nitrogens with zero attached hydrogens (tertiary/aromatic N) is 1. The highest BCUT2D eigenvalue weighted by atomic mass is 35.5. The van der Waals surface area contributed by atoms with Gasteiger partial charge >= 0.3 is 0 Å². The van der Waals surface area contributed by atoms with E-state index in [4.69, 9.17) is 11.8 Å². The molecule has 0 aromatic heterocycles. The molecule has 0 spiro atoms. The van der Waals surface area contributed by atoms with E-state index in [1.807, 2.05) is 43.3 Å². The molecular weight excluding hydrogens is 397 g/mol. The van der Waals surface area contributed by atoms with Crippen LogP contribution in [0.1, 0.15) is 43.4 Å². The summed E-state index contributed by atoms with van der Waals surface area (Å²) >= 11 is 6.61. The zero-order chi connectivity index (χ0) is 20.9. The molecule has 0 aliphatic rings. The molecule has 3 aromatic carbocycles. The van der Waals surface area contributed by atoms with Gasteiger partial charge in [-0.25, -0.2) is 0 Å². The van der Waals surface area contributed by atoms with Crippen molar-refractivity contribution in [1.82, 2.24) is 0 Å². The van der Waals surface area contributed by atoms with Gasteiger partial charge in [-0.3, -0.25) is 4.42 Å². The second-order valence-corrected chi connectivity index (χ2v) is 9.55. The Bertz CT molecular complexity index is 941. The third-order valence-corrected chi connectivity index (χ3v) is 8.22. The average Bonchev–Trinajstić information content (AvgIpc) is 2.76. The van der Waals surface area contributed by atoms with Crippen LogP contribution in [0.3, 0.4) is 0 Å². The Morgan fingerprint density at radius 2 is 1.55 bits per heavy atom. The number of rotatable bonds is 8. The first-order valence-corrected chi connectivity index (χ1v) is 11.5. The quantitative estimate of drug-likeness (QED) is 0.314. The highest BCUT2D eigenvalue weighted by Gasteiger charge is 2.32. The van der Waals surface area contributed by atoms with Gasteiger partial charge in [0.15, 0.2) is 0 Å². The maximum atomic E-state index is 10.8. The zero-order valence-corrected chi connectivity index (χ0v) is 19.1. The van der Waals surface area contributed by atoms with Crippen molar-refractivity contribution >= 4 is 31.3 Å². The topological polar surface area (TPSA) is 23.5 Å². The number of halogens is 1. The van der Waals surface area contributed by atoms with Crippen molar-refractivity contribution in [1.29, 1.82) is 0 Å². The van der Waals surface area contributed by atoms with E-state index in [1.54, 1.807) is 4.42 Å².